The van der Waals surface area contributed by atoms with Crippen LogP contribution in [0.2, 0.25) is 10.0 Å². The molecule has 7 nitrogen and oxygen atoms in total. The molecule has 0 bridgehead atoms. The lowest BCUT2D eigenvalue weighted by Crippen LogP contribution is -2.43. The van der Waals surface area contributed by atoms with Crippen LogP contribution in [0.1, 0.15) is 26.3 Å². The van der Waals surface area contributed by atoms with Crippen LogP contribution in [0.5, 0.6) is 5.75 Å². The van der Waals surface area contributed by atoms with Crippen molar-refractivity contribution < 1.29 is 19.1 Å². The van der Waals surface area contributed by atoms with E-state index in [2.05, 4.69) is 32.1 Å². The molecule has 0 spiro atoms. The van der Waals surface area contributed by atoms with Crippen LogP contribution in [0.3, 0.4) is 0 Å². The Bertz CT molecular complexity index is 1180. The minimum atomic E-state index is -0.594. The Hall–Kier alpha value is -3.07. The molecule has 3 N–H and O–H groups in total. The van der Waals surface area contributed by atoms with Crippen LogP contribution in [0.15, 0.2) is 65.1 Å². The molecule has 170 valence electrons. The van der Waals surface area contributed by atoms with Crippen molar-refractivity contribution in [1.82, 2.24) is 10.9 Å². The molecule has 0 heterocycles. The molecule has 3 amide bonds. The molecule has 0 aliphatic carbocycles. The maximum Gasteiger partial charge on any atom is 0.276 e. The fraction of sp³-hybridized carbons (Fsp3) is 0.0870. The van der Waals surface area contributed by atoms with Crippen molar-refractivity contribution in [3.63, 3.8) is 0 Å². The molecule has 0 atom stereocenters. The number of aryl methyl sites for hydroxylation is 1. The Labute approximate surface area is 208 Å². The van der Waals surface area contributed by atoms with E-state index in [-0.39, 0.29) is 28.8 Å². The summed E-state index contributed by atoms with van der Waals surface area (Å²) in [7, 11) is 0. The second kappa shape index (κ2) is 11.2. The molecular weight excluding hydrogens is 533 g/mol. The zero-order valence-electron chi connectivity index (χ0n) is 17.2. The maximum absolute atomic E-state index is 12.3. The van der Waals surface area contributed by atoms with Gasteiger partial charge in [0.1, 0.15) is 0 Å². The monoisotopic (exact) mass is 549 g/mol. The van der Waals surface area contributed by atoms with Gasteiger partial charge in [-0.3, -0.25) is 25.2 Å². The van der Waals surface area contributed by atoms with Gasteiger partial charge in [-0.1, -0.05) is 40.9 Å². The van der Waals surface area contributed by atoms with Gasteiger partial charge in [-0.15, -0.1) is 0 Å². The van der Waals surface area contributed by atoms with Gasteiger partial charge in [-0.25, -0.2) is 0 Å². The van der Waals surface area contributed by atoms with E-state index in [0.29, 0.717) is 20.7 Å². The van der Waals surface area contributed by atoms with Crippen LogP contribution in [-0.2, 0) is 4.79 Å². The minimum absolute atomic E-state index is 0.237. The lowest BCUT2D eigenvalue weighted by Gasteiger charge is -2.12. The Morgan fingerprint density at radius 3 is 2.30 bits per heavy atom. The summed E-state index contributed by atoms with van der Waals surface area (Å²) in [5.41, 5.74) is 6.88. The number of rotatable bonds is 6. The van der Waals surface area contributed by atoms with E-state index in [1.54, 1.807) is 36.4 Å². The number of ether oxygens (including phenoxy) is 1. The fourth-order valence-corrected chi connectivity index (χ4v) is 4.10. The van der Waals surface area contributed by atoms with Crippen molar-refractivity contribution in [2.45, 2.75) is 6.92 Å². The summed E-state index contributed by atoms with van der Waals surface area (Å²) in [5, 5.41) is 3.42. The van der Waals surface area contributed by atoms with Gasteiger partial charge in [-0.2, -0.15) is 0 Å². The van der Waals surface area contributed by atoms with Gasteiger partial charge in [0.15, 0.2) is 12.4 Å². The SMILES string of the molecule is Cc1cccc(C(=O)Nc2ccc(C(=O)NNC(=O)COc3c(Cl)cc(Cl)cc3Br)cc2)c1. The molecule has 0 aliphatic rings. The minimum Gasteiger partial charge on any atom is -0.481 e. The fourth-order valence-electron chi connectivity index (χ4n) is 2.73. The quantitative estimate of drug-likeness (QED) is 0.369. The summed E-state index contributed by atoms with van der Waals surface area (Å²) in [5.74, 6) is -1.13. The lowest BCUT2D eigenvalue weighted by atomic mass is 10.1. The van der Waals surface area contributed by atoms with Crippen molar-refractivity contribution in [2.24, 2.45) is 0 Å². The second-order valence-corrected chi connectivity index (χ2v) is 8.59. The summed E-state index contributed by atoms with van der Waals surface area (Å²) in [6.07, 6.45) is 0. The average molecular weight is 551 g/mol. The lowest BCUT2D eigenvalue weighted by molar-refractivity contribution is -0.123. The highest BCUT2D eigenvalue weighted by molar-refractivity contribution is 9.10. The third-order valence-electron chi connectivity index (χ3n) is 4.31. The van der Waals surface area contributed by atoms with E-state index in [1.165, 1.54) is 18.2 Å². The summed E-state index contributed by atoms with van der Waals surface area (Å²) in [4.78, 5) is 36.6. The molecule has 0 fully saturated rings. The number of hydrogen-bond donors (Lipinski definition) is 3. The third kappa shape index (κ3) is 6.95. The topological polar surface area (TPSA) is 96.5 Å². The number of halogens is 3. The van der Waals surface area contributed by atoms with Crippen molar-refractivity contribution in [3.8, 4) is 5.75 Å². The number of amides is 3. The summed E-state index contributed by atoms with van der Waals surface area (Å²) < 4.78 is 5.87. The number of hydrogen-bond acceptors (Lipinski definition) is 4. The highest BCUT2D eigenvalue weighted by Crippen LogP contribution is 2.35. The van der Waals surface area contributed by atoms with Crippen LogP contribution < -0.4 is 20.9 Å². The highest BCUT2D eigenvalue weighted by Gasteiger charge is 2.13. The van der Waals surface area contributed by atoms with Crippen LogP contribution in [0.25, 0.3) is 0 Å². The number of nitrogens with one attached hydrogen (secondary N) is 3. The maximum atomic E-state index is 12.3. The van der Waals surface area contributed by atoms with Gasteiger partial charge in [-0.05, 0) is 71.4 Å². The third-order valence-corrected chi connectivity index (χ3v) is 5.40. The van der Waals surface area contributed by atoms with Gasteiger partial charge in [0.05, 0.1) is 9.50 Å². The Morgan fingerprint density at radius 2 is 1.64 bits per heavy atom. The molecule has 0 aromatic heterocycles. The predicted molar refractivity (Wildman–Crippen MR) is 131 cm³/mol. The first-order chi connectivity index (χ1) is 15.7. The molecule has 0 saturated carbocycles. The van der Waals surface area contributed by atoms with Crippen molar-refractivity contribution >= 4 is 62.5 Å². The standard InChI is InChI=1S/C23H18BrCl2N3O4/c1-13-3-2-4-15(9-13)22(31)27-17-7-5-14(6-8-17)23(32)29-28-20(30)12-33-21-18(24)10-16(25)11-19(21)26/h2-11H,12H2,1H3,(H,27,31)(H,28,30)(H,29,32). The van der Waals surface area contributed by atoms with E-state index >= 15 is 0 Å². The van der Waals surface area contributed by atoms with Gasteiger partial charge < -0.3 is 10.1 Å². The Balaban J connectivity index is 1.49. The number of hydrazine groups is 1. The predicted octanol–water partition coefficient (Wildman–Crippen LogP) is 5.16. The van der Waals surface area contributed by atoms with Gasteiger partial charge in [0.2, 0.25) is 0 Å². The first-order valence-electron chi connectivity index (χ1n) is 9.57. The van der Waals surface area contributed by atoms with Crippen LogP contribution in [0.4, 0.5) is 5.69 Å². The normalized spacial score (nSPS) is 10.3. The summed E-state index contributed by atoms with van der Waals surface area (Å²) >= 11 is 15.2. The molecule has 0 saturated heterocycles. The molecular formula is C23H18BrCl2N3O4. The van der Waals surface area contributed by atoms with Gasteiger partial charge >= 0.3 is 0 Å². The smallest absolute Gasteiger partial charge is 0.276 e. The molecule has 3 rings (SSSR count). The van der Waals surface area contributed by atoms with Crippen molar-refractivity contribution in [2.75, 3.05) is 11.9 Å². The van der Waals surface area contributed by atoms with E-state index in [0.717, 1.165) is 5.56 Å². The number of carbonyl (C=O) groups excluding carboxylic acids is 3. The first kappa shape index (κ1) is 24.6. The number of anilines is 1. The van der Waals surface area contributed by atoms with E-state index < -0.39 is 11.8 Å². The number of carbonyl (C=O) groups is 3. The largest absolute Gasteiger partial charge is 0.481 e. The molecule has 33 heavy (non-hydrogen) atoms. The van der Waals surface area contributed by atoms with Crippen LogP contribution in [-0.4, -0.2) is 24.3 Å². The zero-order chi connectivity index (χ0) is 24.0. The first-order valence-corrected chi connectivity index (χ1v) is 11.1. The molecule has 0 unspecified atom stereocenters. The van der Waals surface area contributed by atoms with Gasteiger partial charge in [0.25, 0.3) is 17.7 Å². The van der Waals surface area contributed by atoms with E-state index in [9.17, 15) is 14.4 Å². The molecule has 3 aromatic rings. The second-order valence-electron chi connectivity index (χ2n) is 6.89. The van der Waals surface area contributed by atoms with Crippen LogP contribution >= 0.6 is 39.1 Å². The molecule has 10 heteroatoms. The zero-order valence-corrected chi connectivity index (χ0v) is 20.3. The molecule has 0 radical (unpaired) electrons. The molecule has 0 aliphatic heterocycles. The summed E-state index contributed by atoms with van der Waals surface area (Å²) in [6.45, 7) is 1.52. The van der Waals surface area contributed by atoms with Crippen LogP contribution in [0, 0.1) is 6.92 Å². The number of benzene rings is 3. The molecule has 3 aromatic carbocycles. The van der Waals surface area contributed by atoms with Crippen molar-refractivity contribution in [1.29, 1.82) is 0 Å². The summed E-state index contributed by atoms with van der Waals surface area (Å²) in [6, 6.07) is 16.5. The highest BCUT2D eigenvalue weighted by atomic mass is 79.9. The van der Waals surface area contributed by atoms with E-state index in [1.807, 2.05) is 13.0 Å². The Kier molecular flexibility index (Phi) is 8.32. The van der Waals surface area contributed by atoms with Crippen molar-refractivity contribution in [3.05, 3.63) is 91.9 Å². The average Bonchev–Trinajstić information content (AvgIpc) is 2.77. The van der Waals surface area contributed by atoms with E-state index in [4.69, 9.17) is 27.9 Å². The Morgan fingerprint density at radius 1 is 0.909 bits per heavy atom. The van der Waals surface area contributed by atoms with Gasteiger partial charge in [0, 0.05) is 21.8 Å².